The summed E-state index contributed by atoms with van der Waals surface area (Å²) in [6, 6.07) is 18.2. The Balaban J connectivity index is 1.59. The number of hydrogen-bond donors (Lipinski definition) is 2. The van der Waals surface area contributed by atoms with Crippen LogP contribution in [0.5, 0.6) is 5.75 Å². The normalized spacial score (nSPS) is 15.0. The van der Waals surface area contributed by atoms with Crippen LogP contribution in [0, 0.1) is 0 Å². The van der Waals surface area contributed by atoms with Crippen molar-refractivity contribution in [3.8, 4) is 5.75 Å². The molecule has 0 saturated heterocycles. The molecule has 0 bridgehead atoms. The number of carbonyl (C=O) groups is 1. The third-order valence-corrected chi connectivity index (χ3v) is 7.43. The van der Waals surface area contributed by atoms with E-state index in [4.69, 9.17) is 28.2 Å². The van der Waals surface area contributed by atoms with Crippen LogP contribution in [0.25, 0.3) is 0 Å². The molecule has 34 heavy (non-hydrogen) atoms. The minimum atomic E-state index is -0.193. The number of phenols is 1. The van der Waals surface area contributed by atoms with Gasteiger partial charge in [-0.1, -0.05) is 72.8 Å². The summed E-state index contributed by atoms with van der Waals surface area (Å²) in [4.78, 5) is 20.0. The molecular weight excluding hydrogens is 469 g/mol. The van der Waals surface area contributed by atoms with Gasteiger partial charge in [-0.05, 0) is 54.3 Å². The molecule has 1 fully saturated rings. The number of amides is 2. The third kappa shape index (κ3) is 5.83. The number of aromatic hydroxyl groups is 1. The lowest BCUT2D eigenvalue weighted by atomic mass is 9.71. The Labute approximate surface area is 210 Å². The summed E-state index contributed by atoms with van der Waals surface area (Å²) in [5, 5.41) is 13.6. The first-order valence-corrected chi connectivity index (χ1v) is 12.4. The average molecular weight is 498 g/mol. The van der Waals surface area contributed by atoms with E-state index in [1.54, 1.807) is 18.2 Å². The molecule has 0 spiro atoms. The maximum atomic E-state index is 13.5. The Bertz CT molecular complexity index is 1100. The standard InChI is InChI=1S/C27H29Cl2N3O2/c28-23-8-6-7-21(25(23)29)17-31-26(34)32(18-20-10-12-22(33)13-11-20)19-27(14-3-1-4-15-27)24-9-2-5-16-30-24/h2,5-13,16,33H,1,3-4,14-15,17-19H2,(H,31,34). The summed E-state index contributed by atoms with van der Waals surface area (Å²) in [5.74, 6) is 0.201. The number of nitrogens with one attached hydrogen (secondary N) is 1. The van der Waals surface area contributed by atoms with Gasteiger partial charge in [-0.2, -0.15) is 0 Å². The quantitative estimate of drug-likeness (QED) is 0.381. The minimum absolute atomic E-state index is 0.176. The SMILES string of the molecule is O=C(NCc1cccc(Cl)c1Cl)N(Cc1ccc(O)cc1)CC1(c2ccccn2)CCCCC1. The van der Waals surface area contributed by atoms with Gasteiger partial charge in [0.25, 0.3) is 0 Å². The van der Waals surface area contributed by atoms with Crippen molar-refractivity contribution < 1.29 is 9.90 Å². The summed E-state index contributed by atoms with van der Waals surface area (Å²) in [5.41, 5.74) is 2.56. The molecular formula is C27H29Cl2N3O2. The van der Waals surface area contributed by atoms with E-state index in [-0.39, 0.29) is 23.7 Å². The number of hydrogen-bond acceptors (Lipinski definition) is 3. The second-order valence-corrected chi connectivity index (χ2v) is 9.74. The molecule has 5 nitrogen and oxygen atoms in total. The Morgan fingerprint density at radius 1 is 1.00 bits per heavy atom. The topological polar surface area (TPSA) is 65.5 Å². The molecule has 0 radical (unpaired) electrons. The van der Waals surface area contributed by atoms with Crippen molar-refractivity contribution in [2.24, 2.45) is 0 Å². The van der Waals surface area contributed by atoms with E-state index in [2.05, 4.69) is 11.4 Å². The fourth-order valence-electron chi connectivity index (χ4n) is 4.75. The molecule has 1 aliphatic carbocycles. The number of urea groups is 1. The number of carbonyl (C=O) groups excluding carboxylic acids is 1. The zero-order chi connectivity index (χ0) is 24.0. The maximum Gasteiger partial charge on any atom is 0.317 e. The van der Waals surface area contributed by atoms with Crippen molar-refractivity contribution >= 4 is 29.2 Å². The highest BCUT2D eigenvalue weighted by molar-refractivity contribution is 6.42. The van der Waals surface area contributed by atoms with Gasteiger partial charge in [-0.15, -0.1) is 0 Å². The van der Waals surface area contributed by atoms with Crippen molar-refractivity contribution in [3.63, 3.8) is 0 Å². The smallest absolute Gasteiger partial charge is 0.317 e. The molecule has 1 saturated carbocycles. The molecule has 0 unspecified atom stereocenters. The Hall–Kier alpha value is -2.76. The molecule has 2 amide bonds. The zero-order valence-corrected chi connectivity index (χ0v) is 20.5. The molecule has 3 aromatic rings. The molecule has 2 N–H and O–H groups in total. The van der Waals surface area contributed by atoms with Crippen LogP contribution in [-0.4, -0.2) is 27.6 Å². The van der Waals surface area contributed by atoms with Crippen LogP contribution in [0.4, 0.5) is 4.79 Å². The van der Waals surface area contributed by atoms with Crippen LogP contribution in [0.1, 0.15) is 48.9 Å². The van der Waals surface area contributed by atoms with Crippen molar-refractivity contribution in [1.82, 2.24) is 15.2 Å². The van der Waals surface area contributed by atoms with E-state index in [9.17, 15) is 9.90 Å². The van der Waals surface area contributed by atoms with Gasteiger partial charge >= 0.3 is 6.03 Å². The summed E-state index contributed by atoms with van der Waals surface area (Å²) < 4.78 is 0. The number of rotatable bonds is 7. The summed E-state index contributed by atoms with van der Waals surface area (Å²) in [7, 11) is 0. The molecule has 2 aromatic carbocycles. The predicted octanol–water partition coefficient (Wildman–Crippen LogP) is 6.71. The second kappa shape index (κ2) is 11.1. The molecule has 178 valence electrons. The van der Waals surface area contributed by atoms with Crippen LogP contribution in [-0.2, 0) is 18.5 Å². The van der Waals surface area contributed by atoms with Crippen molar-refractivity contribution in [3.05, 3.63) is 93.7 Å². The van der Waals surface area contributed by atoms with E-state index in [1.807, 2.05) is 47.5 Å². The monoisotopic (exact) mass is 497 g/mol. The highest BCUT2D eigenvalue weighted by atomic mass is 35.5. The number of halogens is 2. The predicted molar refractivity (Wildman–Crippen MR) is 136 cm³/mol. The Kier molecular flexibility index (Phi) is 7.96. The lowest BCUT2D eigenvalue weighted by molar-refractivity contribution is 0.156. The fourth-order valence-corrected chi connectivity index (χ4v) is 5.14. The number of aromatic nitrogens is 1. The number of benzene rings is 2. The first-order chi connectivity index (χ1) is 16.5. The van der Waals surface area contributed by atoms with Gasteiger partial charge in [0.2, 0.25) is 0 Å². The van der Waals surface area contributed by atoms with Gasteiger partial charge in [-0.3, -0.25) is 4.98 Å². The van der Waals surface area contributed by atoms with Gasteiger partial charge in [0.15, 0.2) is 0 Å². The summed E-state index contributed by atoms with van der Waals surface area (Å²) >= 11 is 12.5. The van der Waals surface area contributed by atoms with Gasteiger partial charge in [0.1, 0.15) is 5.75 Å². The van der Waals surface area contributed by atoms with E-state index < -0.39 is 0 Å². The van der Waals surface area contributed by atoms with Crippen LogP contribution in [0.3, 0.4) is 0 Å². The van der Waals surface area contributed by atoms with Crippen LogP contribution in [0.2, 0.25) is 10.0 Å². The lowest BCUT2D eigenvalue weighted by Crippen LogP contribution is -2.48. The van der Waals surface area contributed by atoms with Crippen molar-refractivity contribution in [2.45, 2.75) is 50.6 Å². The molecule has 1 aromatic heterocycles. The van der Waals surface area contributed by atoms with Gasteiger partial charge in [-0.25, -0.2) is 4.79 Å². The zero-order valence-electron chi connectivity index (χ0n) is 19.0. The van der Waals surface area contributed by atoms with E-state index in [1.165, 1.54) is 6.42 Å². The van der Waals surface area contributed by atoms with Crippen LogP contribution >= 0.6 is 23.2 Å². The molecule has 4 rings (SSSR count). The van der Waals surface area contributed by atoms with E-state index in [0.717, 1.165) is 42.5 Å². The minimum Gasteiger partial charge on any atom is -0.508 e. The Morgan fingerprint density at radius 2 is 1.76 bits per heavy atom. The average Bonchev–Trinajstić information content (AvgIpc) is 2.87. The van der Waals surface area contributed by atoms with E-state index in [0.29, 0.717) is 23.1 Å². The first-order valence-electron chi connectivity index (χ1n) is 11.6. The third-order valence-electron chi connectivity index (χ3n) is 6.57. The van der Waals surface area contributed by atoms with Gasteiger partial charge in [0, 0.05) is 36.9 Å². The number of nitrogens with zero attached hydrogens (tertiary/aromatic N) is 2. The number of pyridine rings is 1. The molecule has 0 atom stereocenters. The van der Waals surface area contributed by atoms with Crippen LogP contribution < -0.4 is 5.32 Å². The van der Waals surface area contributed by atoms with E-state index >= 15 is 0 Å². The molecule has 0 aliphatic heterocycles. The number of phenolic OH excluding ortho intramolecular Hbond substituents is 1. The second-order valence-electron chi connectivity index (χ2n) is 8.95. The first kappa shape index (κ1) is 24.4. The Morgan fingerprint density at radius 3 is 2.47 bits per heavy atom. The highest BCUT2D eigenvalue weighted by Crippen LogP contribution is 2.39. The summed E-state index contributed by atoms with van der Waals surface area (Å²) in [6.45, 7) is 1.25. The van der Waals surface area contributed by atoms with Crippen molar-refractivity contribution in [1.29, 1.82) is 0 Å². The van der Waals surface area contributed by atoms with Crippen molar-refractivity contribution in [2.75, 3.05) is 6.54 Å². The largest absolute Gasteiger partial charge is 0.508 e. The molecule has 1 heterocycles. The molecule has 1 aliphatic rings. The van der Waals surface area contributed by atoms with Gasteiger partial charge in [0.05, 0.1) is 10.0 Å². The maximum absolute atomic E-state index is 13.5. The van der Waals surface area contributed by atoms with Crippen LogP contribution in [0.15, 0.2) is 66.9 Å². The highest BCUT2D eigenvalue weighted by Gasteiger charge is 2.38. The molecule has 7 heteroatoms. The van der Waals surface area contributed by atoms with Gasteiger partial charge < -0.3 is 15.3 Å². The fraction of sp³-hybridized carbons (Fsp3) is 0.333. The lowest BCUT2D eigenvalue weighted by Gasteiger charge is -2.41. The summed E-state index contributed by atoms with van der Waals surface area (Å²) in [6.07, 6.45) is 7.24.